The second kappa shape index (κ2) is 6.67. The number of nitrogens with one attached hydrogen (secondary N) is 1. The maximum atomic E-state index is 12.5. The highest BCUT2D eigenvalue weighted by Gasteiger charge is 2.33. The Hall–Kier alpha value is -0.930. The van der Waals surface area contributed by atoms with Crippen molar-refractivity contribution < 1.29 is 16.8 Å². The molecular formula is C13H17ClN2O4S2. The van der Waals surface area contributed by atoms with Crippen molar-refractivity contribution in [1.29, 1.82) is 0 Å². The van der Waals surface area contributed by atoms with Gasteiger partial charge in [-0.25, -0.2) is 21.6 Å². The summed E-state index contributed by atoms with van der Waals surface area (Å²) in [6.45, 7) is 3.99. The van der Waals surface area contributed by atoms with Crippen molar-refractivity contribution in [3.8, 4) is 0 Å². The van der Waals surface area contributed by atoms with E-state index < -0.39 is 20.0 Å². The Kier molecular flexibility index (Phi) is 5.29. The van der Waals surface area contributed by atoms with E-state index in [0.29, 0.717) is 13.0 Å². The zero-order valence-corrected chi connectivity index (χ0v) is 14.2. The molecule has 0 saturated carbocycles. The van der Waals surface area contributed by atoms with E-state index in [1.807, 2.05) is 0 Å². The van der Waals surface area contributed by atoms with Crippen LogP contribution in [0, 0.1) is 5.92 Å². The van der Waals surface area contributed by atoms with Gasteiger partial charge in [-0.05, 0) is 24.5 Å². The van der Waals surface area contributed by atoms with Gasteiger partial charge in [0, 0.05) is 25.0 Å². The Morgan fingerprint density at radius 3 is 2.64 bits per heavy atom. The van der Waals surface area contributed by atoms with Crippen LogP contribution in [0.25, 0.3) is 0 Å². The van der Waals surface area contributed by atoms with E-state index in [2.05, 4.69) is 11.3 Å². The van der Waals surface area contributed by atoms with E-state index in [0.717, 1.165) is 5.41 Å². The third-order valence-electron chi connectivity index (χ3n) is 3.50. The highest BCUT2D eigenvalue weighted by atomic mass is 35.5. The number of hydrogen-bond donors (Lipinski definition) is 1. The zero-order chi connectivity index (χ0) is 16.4. The van der Waals surface area contributed by atoms with Gasteiger partial charge in [0.1, 0.15) is 4.90 Å². The molecule has 1 aromatic rings. The van der Waals surface area contributed by atoms with Gasteiger partial charge in [0.05, 0.1) is 5.02 Å². The Bertz CT molecular complexity index is 762. The maximum absolute atomic E-state index is 12.5. The van der Waals surface area contributed by atoms with E-state index in [-0.39, 0.29) is 28.9 Å². The summed E-state index contributed by atoms with van der Waals surface area (Å²) in [5, 5.41) is 1.01. The van der Waals surface area contributed by atoms with Gasteiger partial charge >= 0.3 is 0 Å². The summed E-state index contributed by atoms with van der Waals surface area (Å²) in [5.74, 6) is -0.0769. The minimum Gasteiger partial charge on any atom is -0.211 e. The van der Waals surface area contributed by atoms with E-state index in [9.17, 15) is 16.8 Å². The summed E-state index contributed by atoms with van der Waals surface area (Å²) in [7, 11) is -7.15. The van der Waals surface area contributed by atoms with Crippen molar-refractivity contribution in [2.45, 2.75) is 11.3 Å². The monoisotopic (exact) mass is 364 g/mol. The number of sulfonamides is 2. The third-order valence-corrected chi connectivity index (χ3v) is 6.87. The highest BCUT2D eigenvalue weighted by Crippen LogP contribution is 2.28. The SMILES string of the molecule is C=CS(=O)(=O)NC[C@H]1CCN(S(=O)(=O)c2ccccc2Cl)C1. The van der Waals surface area contributed by atoms with Crippen LogP contribution in [0.2, 0.25) is 5.02 Å². The zero-order valence-electron chi connectivity index (χ0n) is 11.8. The average Bonchev–Trinajstić information content (AvgIpc) is 2.95. The van der Waals surface area contributed by atoms with Crippen LogP contribution in [-0.4, -0.2) is 40.8 Å². The molecule has 2 rings (SSSR count). The van der Waals surface area contributed by atoms with Crippen LogP contribution in [0.5, 0.6) is 0 Å². The van der Waals surface area contributed by atoms with Crippen LogP contribution in [0.1, 0.15) is 6.42 Å². The smallest absolute Gasteiger partial charge is 0.211 e. The van der Waals surface area contributed by atoms with E-state index in [1.54, 1.807) is 12.1 Å². The van der Waals surface area contributed by atoms with Crippen molar-refractivity contribution >= 4 is 31.6 Å². The van der Waals surface area contributed by atoms with Crippen molar-refractivity contribution in [2.75, 3.05) is 19.6 Å². The molecule has 22 heavy (non-hydrogen) atoms. The lowest BCUT2D eigenvalue weighted by molar-refractivity contribution is 0.455. The number of rotatable bonds is 6. The predicted molar refractivity (Wildman–Crippen MR) is 85.4 cm³/mol. The molecule has 1 aromatic carbocycles. The first-order chi connectivity index (χ1) is 10.3. The van der Waals surface area contributed by atoms with Gasteiger partial charge in [0.2, 0.25) is 20.0 Å². The van der Waals surface area contributed by atoms with Gasteiger partial charge in [-0.3, -0.25) is 0 Å². The number of halogens is 1. The first-order valence-electron chi connectivity index (χ1n) is 6.63. The molecule has 1 heterocycles. The van der Waals surface area contributed by atoms with Crippen LogP contribution >= 0.6 is 11.6 Å². The Labute approximate surface area is 135 Å². The molecule has 0 aromatic heterocycles. The van der Waals surface area contributed by atoms with Crippen LogP contribution in [0.4, 0.5) is 0 Å². The van der Waals surface area contributed by atoms with E-state index in [1.165, 1.54) is 16.4 Å². The Morgan fingerprint density at radius 2 is 2.00 bits per heavy atom. The molecule has 1 fully saturated rings. The van der Waals surface area contributed by atoms with Gasteiger partial charge in [0.25, 0.3) is 0 Å². The van der Waals surface area contributed by atoms with E-state index >= 15 is 0 Å². The molecule has 122 valence electrons. The molecule has 0 bridgehead atoms. The molecule has 1 N–H and O–H groups in total. The number of nitrogens with zero attached hydrogens (tertiary/aromatic N) is 1. The molecule has 0 unspecified atom stereocenters. The minimum atomic E-state index is -3.66. The van der Waals surface area contributed by atoms with Crippen molar-refractivity contribution in [3.63, 3.8) is 0 Å². The maximum Gasteiger partial charge on any atom is 0.244 e. The number of benzene rings is 1. The van der Waals surface area contributed by atoms with Crippen molar-refractivity contribution in [2.24, 2.45) is 5.92 Å². The fourth-order valence-corrected chi connectivity index (χ4v) is 4.88. The summed E-state index contributed by atoms with van der Waals surface area (Å²) in [5.41, 5.74) is 0. The summed E-state index contributed by atoms with van der Waals surface area (Å²) in [4.78, 5) is 0.0731. The van der Waals surface area contributed by atoms with Gasteiger partial charge in [-0.15, -0.1) is 0 Å². The van der Waals surface area contributed by atoms with Crippen molar-refractivity contribution in [1.82, 2.24) is 9.03 Å². The van der Waals surface area contributed by atoms with Gasteiger partial charge in [-0.1, -0.05) is 30.3 Å². The summed E-state index contributed by atoms with van der Waals surface area (Å²) >= 11 is 5.95. The third kappa shape index (κ3) is 3.88. The molecule has 0 aliphatic carbocycles. The minimum absolute atomic E-state index is 0.0731. The Balaban J connectivity index is 2.07. The molecule has 1 saturated heterocycles. The second-order valence-corrected chi connectivity index (χ2v) is 9.03. The molecule has 6 nitrogen and oxygen atoms in total. The molecule has 1 aliphatic heterocycles. The normalized spacial score (nSPS) is 20.1. The molecule has 9 heteroatoms. The predicted octanol–water partition coefficient (Wildman–Crippen LogP) is 1.41. The van der Waals surface area contributed by atoms with Crippen LogP contribution in [0.15, 0.2) is 41.1 Å². The van der Waals surface area contributed by atoms with E-state index in [4.69, 9.17) is 11.6 Å². The molecule has 0 amide bonds. The summed E-state index contributed by atoms with van der Waals surface area (Å²) in [6.07, 6.45) is 0.587. The summed E-state index contributed by atoms with van der Waals surface area (Å²) in [6, 6.07) is 6.27. The quantitative estimate of drug-likeness (QED) is 0.827. The molecule has 1 aliphatic rings. The lowest BCUT2D eigenvalue weighted by Crippen LogP contribution is -2.32. The topological polar surface area (TPSA) is 83.6 Å². The van der Waals surface area contributed by atoms with Gasteiger partial charge in [0.15, 0.2) is 0 Å². The second-order valence-electron chi connectivity index (χ2n) is 5.01. The lowest BCUT2D eigenvalue weighted by atomic mass is 10.1. The fourth-order valence-electron chi connectivity index (χ4n) is 2.27. The van der Waals surface area contributed by atoms with Crippen molar-refractivity contribution in [3.05, 3.63) is 41.3 Å². The summed E-state index contributed by atoms with van der Waals surface area (Å²) < 4.78 is 51.4. The molecule has 0 radical (unpaired) electrons. The van der Waals surface area contributed by atoms with Crippen LogP contribution in [0.3, 0.4) is 0 Å². The molecular weight excluding hydrogens is 348 g/mol. The number of hydrogen-bond acceptors (Lipinski definition) is 4. The van der Waals surface area contributed by atoms with Crippen LogP contribution < -0.4 is 4.72 Å². The molecule has 0 spiro atoms. The first-order valence-corrected chi connectivity index (χ1v) is 9.99. The largest absolute Gasteiger partial charge is 0.244 e. The fraction of sp³-hybridized carbons (Fsp3) is 0.385. The van der Waals surface area contributed by atoms with Crippen LogP contribution in [-0.2, 0) is 20.0 Å². The standard InChI is InChI=1S/C13H17ClN2O4S2/c1-2-21(17,18)15-9-11-7-8-16(10-11)22(19,20)13-6-4-3-5-12(13)14/h2-6,11,15H,1,7-10H2/t11-/m1/s1. The lowest BCUT2D eigenvalue weighted by Gasteiger charge is -2.17. The highest BCUT2D eigenvalue weighted by molar-refractivity contribution is 7.92. The average molecular weight is 365 g/mol. The first kappa shape index (κ1) is 17.4. The van der Waals surface area contributed by atoms with Gasteiger partial charge < -0.3 is 0 Å². The Morgan fingerprint density at radius 1 is 1.32 bits per heavy atom. The van der Waals surface area contributed by atoms with Gasteiger partial charge in [-0.2, -0.15) is 4.31 Å². The molecule has 1 atom stereocenters.